The third-order valence-electron chi connectivity index (χ3n) is 5.28. The van der Waals surface area contributed by atoms with Crippen molar-refractivity contribution in [1.29, 1.82) is 0 Å². The van der Waals surface area contributed by atoms with E-state index >= 15 is 0 Å². The van der Waals surface area contributed by atoms with Crippen molar-refractivity contribution in [2.45, 2.75) is 36.3 Å². The lowest BCUT2D eigenvalue weighted by Crippen LogP contribution is -2.73. The molecule has 18 heavy (non-hydrogen) atoms. The van der Waals surface area contributed by atoms with Crippen LogP contribution in [0.1, 0.15) is 24.0 Å². The molecule has 3 heteroatoms. The average molecular weight is 245 g/mol. The van der Waals surface area contributed by atoms with Crippen molar-refractivity contribution in [2.75, 3.05) is 19.8 Å². The Labute approximate surface area is 107 Å². The predicted molar refractivity (Wildman–Crippen MR) is 68.6 cm³/mol. The van der Waals surface area contributed by atoms with E-state index in [2.05, 4.69) is 29.6 Å². The van der Waals surface area contributed by atoms with Gasteiger partial charge in [0.05, 0.1) is 17.6 Å². The molecule has 0 amide bonds. The highest BCUT2D eigenvalue weighted by Crippen LogP contribution is 2.52. The topological polar surface area (TPSA) is 41.5 Å². The summed E-state index contributed by atoms with van der Waals surface area (Å²) in [6.45, 7) is 2.32. The molecule has 3 atom stereocenters. The van der Waals surface area contributed by atoms with E-state index in [0.29, 0.717) is 13.2 Å². The largest absolute Gasteiger partial charge is 0.387 e. The molecule has 1 unspecified atom stereocenters. The summed E-state index contributed by atoms with van der Waals surface area (Å²) in [5.41, 5.74) is 1.89. The molecular formula is C15H19NO2. The van der Waals surface area contributed by atoms with E-state index in [-0.39, 0.29) is 11.5 Å². The number of fused-ring (bicyclic) bond motifs is 1. The Morgan fingerprint density at radius 2 is 2.17 bits per heavy atom. The van der Waals surface area contributed by atoms with Gasteiger partial charge in [-0.05, 0) is 30.5 Å². The Balaban J connectivity index is 1.96. The van der Waals surface area contributed by atoms with Crippen LogP contribution in [0.4, 0.5) is 0 Å². The summed E-state index contributed by atoms with van der Waals surface area (Å²) < 4.78 is 5.75. The van der Waals surface area contributed by atoms with Crippen molar-refractivity contribution >= 4 is 0 Å². The van der Waals surface area contributed by atoms with Gasteiger partial charge in [0.15, 0.2) is 0 Å². The number of ether oxygens (including phenoxy) is 1. The monoisotopic (exact) mass is 245 g/mol. The molecule has 2 heterocycles. The van der Waals surface area contributed by atoms with Gasteiger partial charge in [0.1, 0.15) is 0 Å². The molecule has 2 N–H and O–H groups in total. The number of aliphatic hydroxyl groups is 1. The maximum absolute atomic E-state index is 11.3. The smallest absolute Gasteiger partial charge is 0.0943 e. The number of hydrogen-bond acceptors (Lipinski definition) is 3. The molecule has 1 aromatic rings. The quantitative estimate of drug-likeness (QED) is 0.716. The molecule has 0 aromatic heterocycles. The van der Waals surface area contributed by atoms with Gasteiger partial charge in [-0.3, -0.25) is 0 Å². The Hall–Kier alpha value is -0.900. The number of piperidine rings is 1. The highest BCUT2D eigenvalue weighted by molar-refractivity contribution is 5.44. The van der Waals surface area contributed by atoms with Crippen molar-refractivity contribution in [3.63, 3.8) is 0 Å². The molecule has 1 aromatic carbocycles. The van der Waals surface area contributed by atoms with Crippen molar-refractivity contribution in [2.24, 2.45) is 0 Å². The zero-order chi connectivity index (χ0) is 12.2. The first-order chi connectivity index (χ1) is 8.76. The average Bonchev–Trinajstić information content (AvgIpc) is 2.38. The zero-order valence-electron chi connectivity index (χ0n) is 10.5. The van der Waals surface area contributed by atoms with Crippen LogP contribution in [0.2, 0.25) is 0 Å². The summed E-state index contributed by atoms with van der Waals surface area (Å²) in [7, 11) is 0. The van der Waals surface area contributed by atoms with Crippen LogP contribution >= 0.6 is 0 Å². The van der Waals surface area contributed by atoms with Gasteiger partial charge in [-0.25, -0.2) is 0 Å². The van der Waals surface area contributed by atoms with Crippen molar-refractivity contribution in [3.05, 3.63) is 35.4 Å². The lowest BCUT2D eigenvalue weighted by molar-refractivity contribution is -0.171. The third kappa shape index (κ3) is 1.15. The molecule has 2 aliphatic heterocycles. The zero-order valence-corrected chi connectivity index (χ0v) is 10.5. The van der Waals surface area contributed by atoms with Gasteiger partial charge in [-0.2, -0.15) is 0 Å². The summed E-state index contributed by atoms with van der Waals surface area (Å²) >= 11 is 0. The van der Waals surface area contributed by atoms with Crippen LogP contribution in [0.3, 0.4) is 0 Å². The Kier molecular flexibility index (Phi) is 2.17. The minimum Gasteiger partial charge on any atom is -0.387 e. The number of rotatable bonds is 0. The number of benzene rings is 1. The van der Waals surface area contributed by atoms with Gasteiger partial charge >= 0.3 is 0 Å². The van der Waals surface area contributed by atoms with Crippen LogP contribution in [0, 0.1) is 0 Å². The van der Waals surface area contributed by atoms with Gasteiger partial charge in [-0.1, -0.05) is 24.3 Å². The first kappa shape index (κ1) is 11.0. The number of hydrogen-bond donors (Lipinski definition) is 2. The second kappa shape index (κ2) is 3.56. The molecule has 0 spiro atoms. The van der Waals surface area contributed by atoms with Crippen molar-refractivity contribution in [1.82, 2.24) is 5.32 Å². The molecule has 2 saturated heterocycles. The highest BCUT2D eigenvalue weighted by Gasteiger charge is 2.61. The molecule has 0 radical (unpaired) electrons. The standard InChI is InChI=1S/C15H19NO2/c17-15-6-8-18-10-14(15)5-7-16-13(15)9-11-3-1-2-4-12(11)14/h1-4,13,16-17H,5-10H2/t13-,14-,15?/m1/s1. The van der Waals surface area contributed by atoms with Crippen LogP contribution in [0.25, 0.3) is 0 Å². The molecule has 1 aliphatic carbocycles. The maximum Gasteiger partial charge on any atom is 0.0943 e. The van der Waals surface area contributed by atoms with E-state index in [4.69, 9.17) is 4.74 Å². The van der Waals surface area contributed by atoms with Crippen LogP contribution in [-0.4, -0.2) is 36.5 Å². The van der Waals surface area contributed by atoms with E-state index in [1.807, 2.05) is 0 Å². The van der Waals surface area contributed by atoms with Gasteiger partial charge in [-0.15, -0.1) is 0 Å². The summed E-state index contributed by atoms with van der Waals surface area (Å²) in [6, 6.07) is 8.76. The maximum atomic E-state index is 11.3. The second-order valence-electron chi connectivity index (χ2n) is 5.93. The number of nitrogens with one attached hydrogen (secondary N) is 1. The van der Waals surface area contributed by atoms with Gasteiger partial charge in [0.2, 0.25) is 0 Å². The Bertz CT molecular complexity index is 485. The molecule has 4 rings (SSSR count). The fraction of sp³-hybridized carbons (Fsp3) is 0.600. The van der Waals surface area contributed by atoms with Gasteiger partial charge in [0.25, 0.3) is 0 Å². The lowest BCUT2D eigenvalue weighted by Gasteiger charge is -2.60. The normalized spacial score (nSPS) is 41.9. The second-order valence-corrected chi connectivity index (χ2v) is 5.93. The van der Waals surface area contributed by atoms with Crippen molar-refractivity contribution < 1.29 is 9.84 Å². The SMILES string of the molecule is OC12CCOC[C@@]13CCN[C@@H]2Cc1ccccc13. The molecule has 3 nitrogen and oxygen atoms in total. The first-order valence-corrected chi connectivity index (χ1v) is 6.88. The summed E-state index contributed by atoms with van der Waals surface area (Å²) in [4.78, 5) is 0. The van der Waals surface area contributed by atoms with E-state index in [1.165, 1.54) is 11.1 Å². The fourth-order valence-electron chi connectivity index (χ4n) is 4.34. The first-order valence-electron chi connectivity index (χ1n) is 6.88. The predicted octanol–water partition coefficient (Wildman–Crippen LogP) is 0.994. The minimum atomic E-state index is -0.627. The lowest BCUT2D eigenvalue weighted by atomic mass is 9.54. The van der Waals surface area contributed by atoms with E-state index in [0.717, 1.165) is 25.8 Å². The Morgan fingerprint density at radius 1 is 1.28 bits per heavy atom. The van der Waals surface area contributed by atoms with Gasteiger partial charge in [0, 0.05) is 19.1 Å². The molecule has 2 fully saturated rings. The van der Waals surface area contributed by atoms with Crippen LogP contribution in [0.5, 0.6) is 0 Å². The highest BCUT2D eigenvalue weighted by atomic mass is 16.5. The summed E-state index contributed by atoms with van der Waals surface area (Å²) in [6.07, 6.45) is 2.66. The summed E-state index contributed by atoms with van der Waals surface area (Å²) in [5, 5.41) is 14.8. The molecule has 2 bridgehead atoms. The summed E-state index contributed by atoms with van der Waals surface area (Å²) in [5.74, 6) is 0. The van der Waals surface area contributed by atoms with Crippen LogP contribution in [-0.2, 0) is 16.6 Å². The van der Waals surface area contributed by atoms with Gasteiger partial charge < -0.3 is 15.2 Å². The minimum absolute atomic E-state index is 0.185. The molecule has 3 aliphatic rings. The van der Waals surface area contributed by atoms with E-state index in [9.17, 15) is 5.11 Å². The molecule has 0 saturated carbocycles. The Morgan fingerprint density at radius 3 is 3.11 bits per heavy atom. The van der Waals surface area contributed by atoms with E-state index < -0.39 is 5.60 Å². The fourth-order valence-corrected chi connectivity index (χ4v) is 4.34. The van der Waals surface area contributed by atoms with Crippen molar-refractivity contribution in [3.8, 4) is 0 Å². The van der Waals surface area contributed by atoms with Crippen LogP contribution < -0.4 is 5.32 Å². The molecule has 96 valence electrons. The molecular weight excluding hydrogens is 226 g/mol. The van der Waals surface area contributed by atoms with E-state index in [1.54, 1.807) is 0 Å². The third-order valence-corrected chi connectivity index (χ3v) is 5.28. The van der Waals surface area contributed by atoms with Crippen LogP contribution in [0.15, 0.2) is 24.3 Å².